The van der Waals surface area contributed by atoms with E-state index >= 15 is 0 Å². The van der Waals surface area contributed by atoms with Crippen LogP contribution < -0.4 is 10.2 Å². The number of carbonyl (C=O) groups excluding carboxylic acids is 1. The lowest BCUT2D eigenvalue weighted by molar-refractivity contribution is 0.0950. The molecule has 2 aliphatic heterocycles. The molecule has 5 rings (SSSR count). The molecule has 0 radical (unpaired) electrons. The first-order chi connectivity index (χ1) is 18.9. The Hall–Kier alpha value is -3.14. The van der Waals surface area contributed by atoms with Crippen molar-refractivity contribution in [3.8, 4) is 0 Å². The molecule has 2 aromatic carbocycles. The van der Waals surface area contributed by atoms with Crippen LogP contribution in [0.4, 0.5) is 19.0 Å². The van der Waals surface area contributed by atoms with Gasteiger partial charge < -0.3 is 10.2 Å². The average molecular weight is 560 g/mol. The highest BCUT2D eigenvalue weighted by Crippen LogP contribution is 2.27. The molecule has 3 heterocycles. The van der Waals surface area contributed by atoms with Gasteiger partial charge in [0.2, 0.25) is 0 Å². The van der Waals surface area contributed by atoms with Crippen LogP contribution in [0.3, 0.4) is 0 Å². The zero-order valence-electron chi connectivity index (χ0n) is 21.6. The molecule has 0 spiro atoms. The van der Waals surface area contributed by atoms with E-state index in [1.54, 1.807) is 18.2 Å². The number of aromatic nitrogens is 1. The highest BCUT2D eigenvalue weighted by molar-refractivity contribution is 6.33. The number of amides is 1. The summed E-state index contributed by atoms with van der Waals surface area (Å²) in [6, 6.07) is 12.0. The maximum atomic E-state index is 14.0. The third-order valence-corrected chi connectivity index (χ3v) is 7.80. The van der Waals surface area contributed by atoms with Crippen molar-refractivity contribution in [1.82, 2.24) is 20.1 Å². The van der Waals surface area contributed by atoms with Crippen molar-refractivity contribution in [1.29, 1.82) is 0 Å². The molecule has 39 heavy (non-hydrogen) atoms. The molecule has 1 amide bonds. The average Bonchev–Trinajstić information content (AvgIpc) is 2.94. The lowest BCUT2D eigenvalue weighted by atomic mass is 10.0. The van der Waals surface area contributed by atoms with Crippen molar-refractivity contribution >= 4 is 23.3 Å². The number of anilines is 1. The molecule has 2 saturated heterocycles. The van der Waals surface area contributed by atoms with Gasteiger partial charge in [0, 0.05) is 64.6 Å². The molecule has 1 aromatic heterocycles. The second-order valence-corrected chi connectivity index (χ2v) is 10.5. The zero-order chi connectivity index (χ0) is 27.4. The van der Waals surface area contributed by atoms with Gasteiger partial charge in [-0.1, -0.05) is 29.8 Å². The molecule has 0 atom stereocenters. The summed E-state index contributed by atoms with van der Waals surface area (Å²) in [6.07, 6.45) is 3.52. The van der Waals surface area contributed by atoms with Crippen LogP contribution in [0, 0.1) is 17.5 Å². The molecular formula is C29H33ClF3N5O. The Morgan fingerprint density at radius 3 is 2.41 bits per heavy atom. The van der Waals surface area contributed by atoms with E-state index in [2.05, 4.69) is 25.0 Å². The third-order valence-electron chi connectivity index (χ3n) is 7.52. The van der Waals surface area contributed by atoms with Gasteiger partial charge in [-0.3, -0.25) is 14.6 Å². The van der Waals surface area contributed by atoms with E-state index < -0.39 is 11.6 Å². The van der Waals surface area contributed by atoms with Gasteiger partial charge in [-0.25, -0.2) is 18.2 Å². The summed E-state index contributed by atoms with van der Waals surface area (Å²) in [5.74, 6) is -1.05. The maximum Gasteiger partial charge on any atom is 0.253 e. The van der Waals surface area contributed by atoms with Crippen LogP contribution in [-0.4, -0.2) is 66.0 Å². The molecular weight excluding hydrogens is 527 g/mol. The molecule has 0 bridgehead atoms. The van der Waals surface area contributed by atoms with Crippen LogP contribution in [0.15, 0.2) is 54.7 Å². The number of hydrogen-bond donors (Lipinski definition) is 1. The highest BCUT2D eigenvalue weighted by Gasteiger charge is 2.29. The molecule has 2 fully saturated rings. The van der Waals surface area contributed by atoms with Crippen LogP contribution in [0.1, 0.15) is 35.8 Å². The lowest BCUT2D eigenvalue weighted by Gasteiger charge is -2.43. The molecule has 1 N–H and O–H groups in total. The van der Waals surface area contributed by atoms with E-state index in [1.165, 1.54) is 30.5 Å². The van der Waals surface area contributed by atoms with E-state index in [0.717, 1.165) is 58.2 Å². The molecule has 208 valence electrons. The topological polar surface area (TPSA) is 51.7 Å². The summed E-state index contributed by atoms with van der Waals surface area (Å²) in [5, 5.41) is 3.19. The van der Waals surface area contributed by atoms with Gasteiger partial charge in [0.1, 0.15) is 23.3 Å². The fourth-order valence-corrected chi connectivity index (χ4v) is 5.64. The zero-order valence-corrected chi connectivity index (χ0v) is 22.3. The van der Waals surface area contributed by atoms with E-state index in [9.17, 15) is 18.0 Å². The number of carbonyl (C=O) groups is 1. The number of likely N-dealkylation sites (tertiary alicyclic amines) is 1. The van der Waals surface area contributed by atoms with Crippen LogP contribution >= 0.6 is 11.6 Å². The quantitative estimate of drug-likeness (QED) is 0.436. The molecule has 0 saturated carbocycles. The van der Waals surface area contributed by atoms with Gasteiger partial charge in [-0.05, 0) is 55.8 Å². The van der Waals surface area contributed by atoms with Gasteiger partial charge >= 0.3 is 0 Å². The first kappa shape index (κ1) is 27.4. The number of hydrogen-bond acceptors (Lipinski definition) is 5. The molecule has 6 nitrogen and oxygen atoms in total. The number of nitrogens with zero attached hydrogens (tertiary/aromatic N) is 4. The highest BCUT2D eigenvalue weighted by atomic mass is 35.5. The number of pyridine rings is 1. The van der Waals surface area contributed by atoms with Crippen LogP contribution in [0.5, 0.6) is 0 Å². The number of nitrogens with one attached hydrogen (secondary N) is 1. The predicted molar refractivity (Wildman–Crippen MR) is 147 cm³/mol. The summed E-state index contributed by atoms with van der Waals surface area (Å²) in [6.45, 7) is 5.76. The molecule has 3 aromatic rings. The minimum absolute atomic E-state index is 0. The van der Waals surface area contributed by atoms with Gasteiger partial charge in [0.25, 0.3) is 5.91 Å². The fourth-order valence-electron chi connectivity index (χ4n) is 5.35. The lowest BCUT2D eigenvalue weighted by Crippen LogP contribution is -2.53. The smallest absolute Gasteiger partial charge is 0.253 e. The standard InChI is InChI=1S/C29H31ClF3N5O.H2/c30-26-15-22(29(39)35-17-20-2-1-3-23(31)14-20)18-34-28(26)38-12-10-37(11-13-38)25-6-8-36(9-7-25)19-21-4-5-24(32)16-27(21)33;/h1-5,14-16,18,25H,6-13,17,19H2,(H,35,39);1H. The first-order valence-corrected chi connectivity index (χ1v) is 13.6. The Morgan fingerprint density at radius 1 is 0.974 bits per heavy atom. The van der Waals surface area contributed by atoms with Crippen molar-refractivity contribution in [3.05, 3.63) is 93.9 Å². The summed E-state index contributed by atoms with van der Waals surface area (Å²) in [4.78, 5) is 23.9. The van der Waals surface area contributed by atoms with Gasteiger partial charge in [0.15, 0.2) is 0 Å². The van der Waals surface area contributed by atoms with E-state index in [4.69, 9.17) is 11.6 Å². The predicted octanol–water partition coefficient (Wildman–Crippen LogP) is 5.11. The van der Waals surface area contributed by atoms with Crippen molar-refractivity contribution in [2.45, 2.75) is 32.0 Å². The van der Waals surface area contributed by atoms with Crippen molar-refractivity contribution in [2.75, 3.05) is 44.2 Å². The van der Waals surface area contributed by atoms with E-state index in [-0.39, 0.29) is 19.7 Å². The van der Waals surface area contributed by atoms with Crippen molar-refractivity contribution < 1.29 is 19.4 Å². The van der Waals surface area contributed by atoms with Crippen LogP contribution in [0.25, 0.3) is 0 Å². The van der Waals surface area contributed by atoms with Crippen LogP contribution in [-0.2, 0) is 13.1 Å². The first-order valence-electron chi connectivity index (χ1n) is 13.2. The van der Waals surface area contributed by atoms with Gasteiger partial charge in [-0.15, -0.1) is 0 Å². The Labute approximate surface area is 232 Å². The number of benzene rings is 2. The van der Waals surface area contributed by atoms with Crippen molar-refractivity contribution in [3.63, 3.8) is 0 Å². The summed E-state index contributed by atoms with van der Waals surface area (Å²) in [5.41, 5.74) is 1.55. The molecule has 10 heteroatoms. The monoisotopic (exact) mass is 559 g/mol. The number of rotatable bonds is 7. The van der Waals surface area contributed by atoms with Crippen molar-refractivity contribution in [2.24, 2.45) is 0 Å². The number of halogens is 4. The van der Waals surface area contributed by atoms with E-state index in [1.807, 2.05) is 0 Å². The third kappa shape index (κ3) is 6.90. The summed E-state index contributed by atoms with van der Waals surface area (Å²) < 4.78 is 40.6. The van der Waals surface area contributed by atoms with E-state index in [0.29, 0.717) is 40.1 Å². The molecule has 0 aliphatic carbocycles. The Balaban J connectivity index is 0.00000370. The minimum atomic E-state index is -0.551. The maximum absolute atomic E-state index is 14.0. The Morgan fingerprint density at radius 2 is 1.72 bits per heavy atom. The SMILES string of the molecule is O=C(NCc1cccc(F)c1)c1cnc(N2CCN(C3CCN(Cc4ccc(F)cc4F)CC3)CC2)c(Cl)c1.[HH]. The second-order valence-electron chi connectivity index (χ2n) is 10.1. The number of piperazine rings is 1. The normalized spacial score (nSPS) is 17.4. The largest absolute Gasteiger partial charge is 0.353 e. The molecule has 2 aliphatic rings. The minimum Gasteiger partial charge on any atom is -0.353 e. The van der Waals surface area contributed by atoms with Crippen LogP contribution in [0.2, 0.25) is 5.02 Å². The number of piperidine rings is 1. The fraction of sp³-hybridized carbons (Fsp3) is 0.379. The molecule has 0 unspecified atom stereocenters. The second kappa shape index (κ2) is 12.4. The van der Waals surface area contributed by atoms with Gasteiger partial charge in [0.05, 0.1) is 10.6 Å². The Bertz CT molecular complexity index is 1320. The summed E-state index contributed by atoms with van der Waals surface area (Å²) in [7, 11) is 0. The Kier molecular flexibility index (Phi) is 8.69. The van der Waals surface area contributed by atoms with Gasteiger partial charge in [-0.2, -0.15) is 0 Å². The summed E-state index contributed by atoms with van der Waals surface area (Å²) >= 11 is 6.53.